The van der Waals surface area contributed by atoms with E-state index < -0.39 is 0 Å². The molecule has 1 aliphatic rings. The quantitative estimate of drug-likeness (QED) is 0.677. The molecule has 1 saturated carbocycles. The van der Waals surface area contributed by atoms with Gasteiger partial charge in [-0.15, -0.1) is 0 Å². The van der Waals surface area contributed by atoms with Crippen LogP contribution in [0, 0.1) is 0 Å². The van der Waals surface area contributed by atoms with Crippen molar-refractivity contribution in [1.29, 1.82) is 0 Å². The van der Waals surface area contributed by atoms with Gasteiger partial charge in [-0.2, -0.15) is 0 Å². The lowest BCUT2D eigenvalue weighted by Gasteiger charge is -2.20. The fourth-order valence-electron chi connectivity index (χ4n) is 1.93. The predicted molar refractivity (Wildman–Crippen MR) is 51.2 cm³/mol. The summed E-state index contributed by atoms with van der Waals surface area (Å²) in [6.07, 6.45) is 9.56. The topological polar surface area (TPSA) is 32.3 Å². The summed E-state index contributed by atoms with van der Waals surface area (Å²) >= 11 is 0. The minimum absolute atomic E-state index is 0.274. The van der Waals surface area contributed by atoms with Crippen molar-refractivity contribution in [1.82, 2.24) is 5.32 Å². The molecule has 12 heavy (non-hydrogen) atoms. The van der Waals surface area contributed by atoms with Gasteiger partial charge in [-0.05, 0) is 12.8 Å². The number of aliphatic hydroxyl groups excluding tert-OH is 1. The van der Waals surface area contributed by atoms with Crippen molar-refractivity contribution >= 4 is 0 Å². The number of hydrogen-bond acceptors (Lipinski definition) is 2. The van der Waals surface area contributed by atoms with Gasteiger partial charge >= 0.3 is 0 Å². The van der Waals surface area contributed by atoms with Crippen LogP contribution in [0.3, 0.4) is 0 Å². The van der Waals surface area contributed by atoms with E-state index in [0.29, 0.717) is 6.04 Å². The summed E-state index contributed by atoms with van der Waals surface area (Å²) in [5.74, 6) is 0. The first-order valence-corrected chi connectivity index (χ1v) is 5.27. The van der Waals surface area contributed by atoms with Crippen molar-refractivity contribution in [2.24, 2.45) is 0 Å². The van der Waals surface area contributed by atoms with E-state index in [9.17, 15) is 0 Å². The molecule has 2 nitrogen and oxygen atoms in total. The van der Waals surface area contributed by atoms with E-state index >= 15 is 0 Å². The average molecular weight is 171 g/mol. The first-order chi connectivity index (χ1) is 5.93. The first kappa shape index (κ1) is 10.0. The maximum absolute atomic E-state index is 8.66. The Hall–Kier alpha value is -0.0800. The first-order valence-electron chi connectivity index (χ1n) is 5.27. The highest BCUT2D eigenvalue weighted by Gasteiger charge is 2.09. The SMILES string of the molecule is OCCNC1CCCCCCC1. The fraction of sp³-hybridized carbons (Fsp3) is 1.00. The van der Waals surface area contributed by atoms with Crippen molar-refractivity contribution in [3.8, 4) is 0 Å². The van der Waals surface area contributed by atoms with Crippen LogP contribution >= 0.6 is 0 Å². The summed E-state index contributed by atoms with van der Waals surface area (Å²) in [6.45, 7) is 1.04. The van der Waals surface area contributed by atoms with Crippen molar-refractivity contribution in [2.45, 2.75) is 51.0 Å². The third kappa shape index (κ3) is 4.07. The second-order valence-electron chi connectivity index (χ2n) is 3.72. The Kier molecular flexibility index (Phi) is 5.37. The molecule has 0 aromatic carbocycles. The zero-order valence-corrected chi connectivity index (χ0v) is 7.89. The van der Waals surface area contributed by atoms with Crippen molar-refractivity contribution in [3.05, 3.63) is 0 Å². The highest BCUT2D eigenvalue weighted by molar-refractivity contribution is 4.69. The number of nitrogens with one attached hydrogen (secondary N) is 1. The second kappa shape index (κ2) is 6.44. The molecule has 0 radical (unpaired) electrons. The van der Waals surface area contributed by atoms with E-state index in [1.54, 1.807) is 0 Å². The van der Waals surface area contributed by atoms with Crippen molar-refractivity contribution in [3.63, 3.8) is 0 Å². The van der Waals surface area contributed by atoms with Crippen LogP contribution < -0.4 is 5.32 Å². The average Bonchev–Trinajstić information content (AvgIpc) is 2.02. The summed E-state index contributed by atoms with van der Waals surface area (Å²) in [5.41, 5.74) is 0. The third-order valence-corrected chi connectivity index (χ3v) is 2.65. The van der Waals surface area contributed by atoms with Gasteiger partial charge in [0.15, 0.2) is 0 Å². The molecule has 0 heterocycles. The Balaban J connectivity index is 2.11. The Labute approximate surface area is 75.4 Å². The van der Waals surface area contributed by atoms with Crippen molar-refractivity contribution < 1.29 is 5.11 Å². The normalized spacial score (nSPS) is 21.8. The maximum Gasteiger partial charge on any atom is 0.0556 e. The van der Waals surface area contributed by atoms with E-state index in [0.717, 1.165) is 6.54 Å². The largest absolute Gasteiger partial charge is 0.395 e. The van der Waals surface area contributed by atoms with Gasteiger partial charge in [-0.3, -0.25) is 0 Å². The molecular weight excluding hydrogens is 150 g/mol. The van der Waals surface area contributed by atoms with Crippen LogP contribution in [0.1, 0.15) is 44.9 Å². The highest BCUT2D eigenvalue weighted by atomic mass is 16.3. The van der Waals surface area contributed by atoms with Crippen LogP contribution in [0.5, 0.6) is 0 Å². The highest BCUT2D eigenvalue weighted by Crippen LogP contribution is 2.16. The molecule has 0 spiro atoms. The van der Waals surface area contributed by atoms with Crippen LogP contribution in [0.4, 0.5) is 0 Å². The molecule has 0 bridgehead atoms. The molecule has 0 aromatic rings. The zero-order valence-electron chi connectivity index (χ0n) is 7.89. The van der Waals surface area contributed by atoms with Gasteiger partial charge in [0.1, 0.15) is 0 Å². The Morgan fingerprint density at radius 3 is 2.17 bits per heavy atom. The maximum atomic E-state index is 8.66. The number of hydrogen-bond donors (Lipinski definition) is 2. The summed E-state index contributed by atoms with van der Waals surface area (Å²) in [6, 6.07) is 0.678. The Bertz CT molecular complexity index is 95.3. The van der Waals surface area contributed by atoms with Gasteiger partial charge in [0.2, 0.25) is 0 Å². The van der Waals surface area contributed by atoms with Crippen LogP contribution in [-0.4, -0.2) is 24.3 Å². The molecule has 1 rings (SSSR count). The van der Waals surface area contributed by atoms with Gasteiger partial charge < -0.3 is 10.4 Å². The summed E-state index contributed by atoms with van der Waals surface area (Å²) in [5, 5.41) is 12.0. The minimum Gasteiger partial charge on any atom is -0.395 e. The van der Waals surface area contributed by atoms with Gasteiger partial charge in [-0.25, -0.2) is 0 Å². The zero-order chi connectivity index (χ0) is 8.65. The van der Waals surface area contributed by atoms with E-state index in [1.165, 1.54) is 44.9 Å². The van der Waals surface area contributed by atoms with Crippen LogP contribution in [0.2, 0.25) is 0 Å². The number of aliphatic hydroxyl groups is 1. The lowest BCUT2D eigenvalue weighted by atomic mass is 9.97. The minimum atomic E-state index is 0.274. The molecule has 1 fully saturated rings. The molecule has 1 aliphatic carbocycles. The Morgan fingerprint density at radius 1 is 1.00 bits per heavy atom. The fourth-order valence-corrected chi connectivity index (χ4v) is 1.93. The van der Waals surface area contributed by atoms with Gasteiger partial charge in [0, 0.05) is 12.6 Å². The van der Waals surface area contributed by atoms with Crippen molar-refractivity contribution in [2.75, 3.05) is 13.2 Å². The smallest absolute Gasteiger partial charge is 0.0556 e. The third-order valence-electron chi connectivity index (χ3n) is 2.65. The summed E-state index contributed by atoms with van der Waals surface area (Å²) in [4.78, 5) is 0. The van der Waals surface area contributed by atoms with Crippen LogP contribution in [-0.2, 0) is 0 Å². The molecule has 2 N–H and O–H groups in total. The Morgan fingerprint density at radius 2 is 1.58 bits per heavy atom. The molecule has 72 valence electrons. The molecule has 0 unspecified atom stereocenters. The molecule has 0 amide bonds. The lowest BCUT2D eigenvalue weighted by molar-refractivity contribution is 0.275. The van der Waals surface area contributed by atoms with E-state index in [1.807, 2.05) is 0 Å². The van der Waals surface area contributed by atoms with E-state index in [-0.39, 0.29) is 6.61 Å². The van der Waals surface area contributed by atoms with Gasteiger partial charge in [0.05, 0.1) is 6.61 Å². The molecule has 0 saturated heterocycles. The lowest BCUT2D eigenvalue weighted by Crippen LogP contribution is -2.31. The van der Waals surface area contributed by atoms with E-state index in [2.05, 4.69) is 5.32 Å². The van der Waals surface area contributed by atoms with Gasteiger partial charge in [0.25, 0.3) is 0 Å². The molecule has 0 atom stereocenters. The molecule has 0 aromatic heterocycles. The summed E-state index contributed by atoms with van der Waals surface area (Å²) < 4.78 is 0. The monoisotopic (exact) mass is 171 g/mol. The predicted octanol–water partition coefficient (Wildman–Crippen LogP) is 1.68. The number of rotatable bonds is 3. The molecule has 0 aliphatic heterocycles. The second-order valence-corrected chi connectivity index (χ2v) is 3.72. The van der Waals surface area contributed by atoms with E-state index in [4.69, 9.17) is 5.11 Å². The standard InChI is InChI=1S/C10H21NO/c12-9-8-11-10-6-4-2-1-3-5-7-10/h10-12H,1-9H2. The van der Waals surface area contributed by atoms with Gasteiger partial charge in [-0.1, -0.05) is 32.1 Å². The molecular formula is C10H21NO. The van der Waals surface area contributed by atoms with Crippen LogP contribution in [0.15, 0.2) is 0 Å². The van der Waals surface area contributed by atoms with Crippen LogP contribution in [0.25, 0.3) is 0 Å². The molecule has 2 heteroatoms. The summed E-state index contributed by atoms with van der Waals surface area (Å²) in [7, 11) is 0.